The molecule has 2 heteroatoms. The number of ether oxygens (including phenoxy) is 1. The molecule has 0 aliphatic heterocycles. The summed E-state index contributed by atoms with van der Waals surface area (Å²) >= 11 is 0. The Morgan fingerprint density at radius 2 is 2.50 bits per heavy atom. The lowest BCUT2D eigenvalue weighted by Crippen LogP contribution is -2.04. The van der Waals surface area contributed by atoms with Crippen molar-refractivity contribution >= 4 is 0 Å². The molecule has 12 heavy (non-hydrogen) atoms. The van der Waals surface area contributed by atoms with Gasteiger partial charge in [0.25, 0.3) is 0 Å². The second-order valence-electron chi connectivity index (χ2n) is 2.92. The summed E-state index contributed by atoms with van der Waals surface area (Å²) < 4.78 is 5.36. The Kier molecular flexibility index (Phi) is 2.93. The van der Waals surface area contributed by atoms with Gasteiger partial charge in [-0.2, -0.15) is 5.26 Å². The number of hydrogen-bond donors (Lipinski definition) is 0. The molecule has 0 heterocycles. The summed E-state index contributed by atoms with van der Waals surface area (Å²) in [6, 6.07) is 2.13. The normalized spacial score (nSPS) is 22.2. The van der Waals surface area contributed by atoms with Crippen molar-refractivity contribution in [3.63, 3.8) is 0 Å². The molecule has 0 fully saturated rings. The Balaban J connectivity index is 2.80. The van der Waals surface area contributed by atoms with Crippen molar-refractivity contribution in [3.05, 3.63) is 23.5 Å². The van der Waals surface area contributed by atoms with E-state index in [-0.39, 0.29) is 0 Å². The number of nitriles is 1. The fourth-order valence-corrected chi connectivity index (χ4v) is 1.23. The van der Waals surface area contributed by atoms with Gasteiger partial charge in [0, 0.05) is 6.42 Å². The Bertz CT molecular complexity index is 258. The van der Waals surface area contributed by atoms with Gasteiger partial charge in [-0.3, -0.25) is 0 Å². The van der Waals surface area contributed by atoms with Gasteiger partial charge in [0.05, 0.1) is 12.2 Å². The van der Waals surface area contributed by atoms with Gasteiger partial charge in [-0.25, -0.2) is 0 Å². The van der Waals surface area contributed by atoms with Gasteiger partial charge >= 0.3 is 0 Å². The van der Waals surface area contributed by atoms with E-state index in [9.17, 15) is 0 Å². The molecule has 64 valence electrons. The lowest BCUT2D eigenvalue weighted by atomic mass is 9.97. The lowest BCUT2D eigenvalue weighted by molar-refractivity contribution is 0.209. The minimum atomic E-state index is 0.489. The zero-order valence-corrected chi connectivity index (χ0v) is 7.50. The SMILES string of the molecule is CCOC1=C(C#N)C=CC(C)C1. The molecule has 0 bridgehead atoms. The van der Waals surface area contributed by atoms with E-state index in [0.717, 1.165) is 12.2 Å². The van der Waals surface area contributed by atoms with Crippen LogP contribution in [0, 0.1) is 17.2 Å². The van der Waals surface area contributed by atoms with Crippen LogP contribution in [0.2, 0.25) is 0 Å². The highest BCUT2D eigenvalue weighted by Crippen LogP contribution is 2.23. The fraction of sp³-hybridized carbons (Fsp3) is 0.500. The zero-order valence-electron chi connectivity index (χ0n) is 7.50. The van der Waals surface area contributed by atoms with Crippen LogP contribution < -0.4 is 0 Å². The van der Waals surface area contributed by atoms with Crippen LogP contribution in [-0.4, -0.2) is 6.61 Å². The van der Waals surface area contributed by atoms with Gasteiger partial charge in [0.15, 0.2) is 0 Å². The Morgan fingerprint density at radius 1 is 1.75 bits per heavy atom. The first-order valence-electron chi connectivity index (χ1n) is 4.22. The maximum absolute atomic E-state index is 8.74. The first kappa shape index (κ1) is 8.86. The molecule has 0 aromatic heterocycles. The van der Waals surface area contributed by atoms with E-state index in [1.807, 2.05) is 19.1 Å². The summed E-state index contributed by atoms with van der Waals surface area (Å²) in [6.07, 6.45) is 4.74. The highest BCUT2D eigenvalue weighted by atomic mass is 16.5. The molecular weight excluding hydrogens is 150 g/mol. The summed E-state index contributed by atoms with van der Waals surface area (Å²) in [4.78, 5) is 0. The molecule has 0 radical (unpaired) electrons. The Morgan fingerprint density at radius 3 is 3.08 bits per heavy atom. The number of hydrogen-bond acceptors (Lipinski definition) is 2. The van der Waals surface area contributed by atoms with Gasteiger partial charge in [0.1, 0.15) is 11.8 Å². The first-order valence-corrected chi connectivity index (χ1v) is 4.22. The van der Waals surface area contributed by atoms with Crippen LogP contribution in [0.15, 0.2) is 23.5 Å². The third-order valence-corrected chi connectivity index (χ3v) is 1.84. The van der Waals surface area contributed by atoms with Crippen LogP contribution >= 0.6 is 0 Å². The van der Waals surface area contributed by atoms with Crippen LogP contribution in [-0.2, 0) is 4.74 Å². The second-order valence-corrected chi connectivity index (χ2v) is 2.92. The van der Waals surface area contributed by atoms with Crippen molar-refractivity contribution in [1.29, 1.82) is 5.26 Å². The molecule has 1 atom stereocenters. The summed E-state index contributed by atoms with van der Waals surface area (Å²) in [7, 11) is 0. The van der Waals surface area contributed by atoms with Gasteiger partial charge in [-0.05, 0) is 18.9 Å². The molecule has 0 aromatic carbocycles. The molecule has 2 nitrogen and oxygen atoms in total. The topological polar surface area (TPSA) is 33.0 Å². The number of rotatable bonds is 2. The van der Waals surface area contributed by atoms with Gasteiger partial charge in [0.2, 0.25) is 0 Å². The van der Waals surface area contributed by atoms with E-state index in [1.54, 1.807) is 0 Å². The first-order chi connectivity index (χ1) is 5.77. The van der Waals surface area contributed by atoms with Crippen molar-refractivity contribution in [3.8, 4) is 6.07 Å². The van der Waals surface area contributed by atoms with Crippen LogP contribution in [0.4, 0.5) is 0 Å². The molecule has 0 saturated carbocycles. The minimum Gasteiger partial charge on any atom is -0.497 e. The number of nitrogens with zero attached hydrogens (tertiary/aromatic N) is 1. The van der Waals surface area contributed by atoms with Crippen molar-refractivity contribution < 1.29 is 4.74 Å². The predicted molar refractivity (Wildman–Crippen MR) is 47.2 cm³/mol. The van der Waals surface area contributed by atoms with E-state index in [4.69, 9.17) is 10.00 Å². The molecule has 1 rings (SSSR count). The van der Waals surface area contributed by atoms with Crippen LogP contribution in [0.1, 0.15) is 20.3 Å². The highest BCUT2D eigenvalue weighted by molar-refractivity contribution is 5.38. The smallest absolute Gasteiger partial charge is 0.114 e. The molecule has 0 amide bonds. The van der Waals surface area contributed by atoms with E-state index >= 15 is 0 Å². The minimum absolute atomic E-state index is 0.489. The molecular formula is C10H13NO. The standard InChI is InChI=1S/C10H13NO/c1-3-12-10-6-8(2)4-5-9(10)7-11/h4-5,8H,3,6H2,1-2H3. The van der Waals surface area contributed by atoms with Crippen LogP contribution in [0.5, 0.6) is 0 Å². The average molecular weight is 163 g/mol. The molecule has 1 aliphatic rings. The second kappa shape index (κ2) is 3.96. The van der Waals surface area contributed by atoms with E-state index in [0.29, 0.717) is 18.1 Å². The van der Waals surface area contributed by atoms with E-state index in [1.165, 1.54) is 0 Å². The van der Waals surface area contributed by atoms with E-state index in [2.05, 4.69) is 13.0 Å². The Hall–Kier alpha value is -1.23. The van der Waals surface area contributed by atoms with Gasteiger partial charge in [-0.1, -0.05) is 13.0 Å². The van der Waals surface area contributed by atoms with Gasteiger partial charge in [-0.15, -0.1) is 0 Å². The highest BCUT2D eigenvalue weighted by Gasteiger charge is 2.13. The predicted octanol–water partition coefficient (Wildman–Crippen LogP) is 2.40. The zero-order chi connectivity index (χ0) is 8.97. The van der Waals surface area contributed by atoms with Crippen molar-refractivity contribution in [1.82, 2.24) is 0 Å². The largest absolute Gasteiger partial charge is 0.497 e. The van der Waals surface area contributed by atoms with Crippen molar-refractivity contribution in [2.75, 3.05) is 6.61 Å². The third kappa shape index (κ3) is 1.88. The number of allylic oxidation sites excluding steroid dienone is 4. The quantitative estimate of drug-likeness (QED) is 0.626. The molecule has 1 aliphatic carbocycles. The van der Waals surface area contributed by atoms with Gasteiger partial charge < -0.3 is 4.74 Å². The molecule has 0 N–H and O–H groups in total. The molecule has 1 unspecified atom stereocenters. The summed E-state index contributed by atoms with van der Waals surface area (Å²) in [5, 5.41) is 8.74. The molecule has 0 aromatic rings. The van der Waals surface area contributed by atoms with Crippen LogP contribution in [0.25, 0.3) is 0 Å². The maximum Gasteiger partial charge on any atom is 0.114 e. The molecule has 0 spiro atoms. The summed E-state index contributed by atoms with van der Waals surface area (Å²) in [6.45, 7) is 4.69. The fourth-order valence-electron chi connectivity index (χ4n) is 1.23. The summed E-state index contributed by atoms with van der Waals surface area (Å²) in [5.41, 5.74) is 0.676. The average Bonchev–Trinajstić information content (AvgIpc) is 2.05. The van der Waals surface area contributed by atoms with Crippen LogP contribution in [0.3, 0.4) is 0 Å². The molecule has 0 saturated heterocycles. The Labute approximate surface area is 73.1 Å². The summed E-state index contributed by atoms with van der Waals surface area (Å²) in [5.74, 6) is 1.33. The maximum atomic E-state index is 8.74. The van der Waals surface area contributed by atoms with E-state index < -0.39 is 0 Å². The third-order valence-electron chi connectivity index (χ3n) is 1.84. The lowest BCUT2D eigenvalue weighted by Gasteiger charge is -2.16. The van der Waals surface area contributed by atoms with Crippen molar-refractivity contribution in [2.45, 2.75) is 20.3 Å². The van der Waals surface area contributed by atoms with Crippen molar-refractivity contribution in [2.24, 2.45) is 5.92 Å². The monoisotopic (exact) mass is 163 g/mol.